The summed E-state index contributed by atoms with van der Waals surface area (Å²) in [5, 5.41) is 13.4. The molecule has 1 unspecified atom stereocenters. The summed E-state index contributed by atoms with van der Waals surface area (Å²) >= 11 is 2.07. The summed E-state index contributed by atoms with van der Waals surface area (Å²) in [5.74, 6) is 2.86. The van der Waals surface area contributed by atoms with Gasteiger partial charge in [-0.3, -0.25) is 4.99 Å². The van der Waals surface area contributed by atoms with E-state index in [1.807, 2.05) is 13.8 Å². The summed E-state index contributed by atoms with van der Waals surface area (Å²) in [4.78, 5) is 7.11. The first-order chi connectivity index (χ1) is 9.39. The van der Waals surface area contributed by atoms with Crippen molar-refractivity contribution >= 4 is 17.7 Å². The van der Waals surface area contributed by atoms with Crippen LogP contribution in [-0.2, 0) is 0 Å². The molecule has 1 aliphatic rings. The predicted molar refractivity (Wildman–Crippen MR) is 89.5 cm³/mol. The molecule has 4 nitrogen and oxygen atoms in total. The van der Waals surface area contributed by atoms with E-state index in [9.17, 15) is 5.11 Å². The number of nitrogens with zero attached hydrogens (tertiary/aromatic N) is 2. The minimum absolute atomic E-state index is 0.150. The molecule has 2 N–H and O–H groups in total. The van der Waals surface area contributed by atoms with Crippen LogP contribution in [0.4, 0.5) is 0 Å². The summed E-state index contributed by atoms with van der Waals surface area (Å²) in [6.07, 6.45) is 0. The highest BCUT2D eigenvalue weighted by Crippen LogP contribution is 2.25. The molecule has 0 aliphatic carbocycles. The molecule has 0 aromatic carbocycles. The van der Waals surface area contributed by atoms with Crippen molar-refractivity contribution in [2.24, 2.45) is 16.3 Å². The molecule has 20 heavy (non-hydrogen) atoms. The SMILES string of the molecule is CCNC(=NCC(C)(C)CO)N1CCSC(C(C)C)C1. The van der Waals surface area contributed by atoms with Crippen LogP contribution in [0.5, 0.6) is 0 Å². The van der Waals surface area contributed by atoms with Crippen LogP contribution in [0, 0.1) is 11.3 Å². The largest absolute Gasteiger partial charge is 0.396 e. The molecular weight excluding hydrogens is 270 g/mol. The number of thioether (sulfide) groups is 1. The van der Waals surface area contributed by atoms with Crippen LogP contribution in [0.15, 0.2) is 4.99 Å². The summed E-state index contributed by atoms with van der Waals surface area (Å²) in [6.45, 7) is 14.6. The van der Waals surface area contributed by atoms with Crippen molar-refractivity contribution in [1.82, 2.24) is 10.2 Å². The molecule has 0 spiro atoms. The Morgan fingerprint density at radius 3 is 2.75 bits per heavy atom. The summed E-state index contributed by atoms with van der Waals surface area (Å²) in [7, 11) is 0. The second-order valence-corrected chi connectivity index (χ2v) is 7.94. The molecular formula is C15H31N3OS. The number of nitrogens with one attached hydrogen (secondary N) is 1. The van der Waals surface area contributed by atoms with Crippen molar-refractivity contribution in [3.63, 3.8) is 0 Å². The standard InChI is InChI=1S/C15H31N3OS/c1-6-16-14(17-10-15(4,5)11-19)18-7-8-20-13(9-18)12(2)3/h12-13,19H,6-11H2,1-5H3,(H,16,17). The van der Waals surface area contributed by atoms with Gasteiger partial charge < -0.3 is 15.3 Å². The van der Waals surface area contributed by atoms with Gasteiger partial charge in [0.2, 0.25) is 0 Å². The third-order valence-electron chi connectivity index (χ3n) is 3.56. The van der Waals surface area contributed by atoms with Crippen molar-refractivity contribution in [2.45, 2.75) is 39.9 Å². The van der Waals surface area contributed by atoms with Crippen molar-refractivity contribution in [3.05, 3.63) is 0 Å². The molecule has 5 heteroatoms. The highest BCUT2D eigenvalue weighted by atomic mass is 32.2. The van der Waals surface area contributed by atoms with Gasteiger partial charge in [0, 0.05) is 42.7 Å². The number of hydrogen-bond acceptors (Lipinski definition) is 3. The van der Waals surface area contributed by atoms with Crippen molar-refractivity contribution in [2.75, 3.05) is 38.5 Å². The molecule has 0 saturated carbocycles. The lowest BCUT2D eigenvalue weighted by molar-refractivity contribution is 0.166. The Kier molecular flexibility index (Phi) is 7.17. The molecule has 1 atom stereocenters. The Morgan fingerprint density at radius 2 is 2.20 bits per heavy atom. The van der Waals surface area contributed by atoms with Gasteiger partial charge in [-0.1, -0.05) is 27.7 Å². The minimum atomic E-state index is -0.150. The van der Waals surface area contributed by atoms with Gasteiger partial charge in [0.05, 0.1) is 6.54 Å². The average Bonchev–Trinajstić information content (AvgIpc) is 2.43. The van der Waals surface area contributed by atoms with Crippen LogP contribution >= 0.6 is 11.8 Å². The lowest BCUT2D eigenvalue weighted by atomic mass is 9.95. The summed E-state index contributed by atoms with van der Waals surface area (Å²) < 4.78 is 0. The van der Waals surface area contributed by atoms with Crippen LogP contribution in [0.1, 0.15) is 34.6 Å². The Labute approximate surface area is 128 Å². The third-order valence-corrected chi connectivity index (χ3v) is 5.10. The molecule has 0 amide bonds. The average molecular weight is 302 g/mol. The van der Waals surface area contributed by atoms with Crippen molar-refractivity contribution in [1.29, 1.82) is 0 Å². The lowest BCUT2D eigenvalue weighted by Crippen LogP contribution is -2.49. The number of rotatable bonds is 5. The second-order valence-electron chi connectivity index (χ2n) is 6.59. The van der Waals surface area contributed by atoms with Crippen LogP contribution in [0.2, 0.25) is 0 Å². The molecule has 1 rings (SSSR count). The first kappa shape index (κ1) is 17.6. The number of aliphatic imine (C=N–C) groups is 1. The summed E-state index contributed by atoms with van der Waals surface area (Å²) in [5.41, 5.74) is -0.150. The number of aliphatic hydroxyl groups excluding tert-OH is 1. The Balaban J connectivity index is 2.71. The third kappa shape index (κ3) is 5.52. The van der Waals surface area contributed by atoms with Gasteiger partial charge in [0.25, 0.3) is 0 Å². The lowest BCUT2D eigenvalue weighted by Gasteiger charge is -2.36. The quantitative estimate of drug-likeness (QED) is 0.603. The first-order valence-corrected chi connectivity index (χ1v) is 8.70. The zero-order valence-electron chi connectivity index (χ0n) is 13.6. The highest BCUT2D eigenvalue weighted by Gasteiger charge is 2.25. The first-order valence-electron chi connectivity index (χ1n) is 7.65. The van der Waals surface area contributed by atoms with Crippen LogP contribution < -0.4 is 5.32 Å². The molecule has 118 valence electrons. The monoisotopic (exact) mass is 301 g/mol. The molecule has 0 radical (unpaired) electrons. The number of guanidine groups is 1. The Hall–Kier alpha value is -0.420. The zero-order chi connectivity index (χ0) is 15.2. The number of aliphatic hydroxyl groups is 1. The predicted octanol–water partition coefficient (Wildman–Crippen LogP) is 2.04. The minimum Gasteiger partial charge on any atom is -0.396 e. The van der Waals surface area contributed by atoms with E-state index in [0.717, 1.165) is 31.3 Å². The zero-order valence-corrected chi connectivity index (χ0v) is 14.5. The number of hydrogen-bond donors (Lipinski definition) is 2. The van der Waals surface area contributed by atoms with E-state index in [0.29, 0.717) is 17.7 Å². The van der Waals surface area contributed by atoms with Gasteiger partial charge in [-0.05, 0) is 12.8 Å². The summed E-state index contributed by atoms with van der Waals surface area (Å²) in [6, 6.07) is 0. The maximum Gasteiger partial charge on any atom is 0.193 e. The normalized spacial score (nSPS) is 21.4. The molecule has 1 aliphatic heterocycles. The topological polar surface area (TPSA) is 47.9 Å². The fraction of sp³-hybridized carbons (Fsp3) is 0.933. The van der Waals surface area contributed by atoms with E-state index in [4.69, 9.17) is 4.99 Å². The smallest absolute Gasteiger partial charge is 0.193 e. The van der Waals surface area contributed by atoms with Crippen LogP contribution in [0.25, 0.3) is 0 Å². The maximum absolute atomic E-state index is 9.36. The van der Waals surface area contributed by atoms with Crippen molar-refractivity contribution < 1.29 is 5.11 Å². The fourth-order valence-electron chi connectivity index (χ4n) is 2.04. The molecule has 0 aromatic rings. The van der Waals surface area contributed by atoms with E-state index in [1.54, 1.807) is 0 Å². The van der Waals surface area contributed by atoms with Gasteiger partial charge in [-0.25, -0.2) is 0 Å². The molecule has 0 aromatic heterocycles. The van der Waals surface area contributed by atoms with E-state index >= 15 is 0 Å². The highest BCUT2D eigenvalue weighted by molar-refractivity contribution is 8.00. The van der Waals surface area contributed by atoms with Crippen LogP contribution in [-0.4, -0.2) is 59.8 Å². The van der Waals surface area contributed by atoms with Gasteiger partial charge in [-0.2, -0.15) is 11.8 Å². The van der Waals surface area contributed by atoms with Crippen LogP contribution in [0.3, 0.4) is 0 Å². The van der Waals surface area contributed by atoms with Gasteiger partial charge >= 0.3 is 0 Å². The molecule has 1 heterocycles. The van der Waals surface area contributed by atoms with E-state index in [-0.39, 0.29) is 12.0 Å². The van der Waals surface area contributed by atoms with E-state index in [2.05, 4.69) is 42.7 Å². The van der Waals surface area contributed by atoms with Crippen molar-refractivity contribution in [3.8, 4) is 0 Å². The molecule has 1 saturated heterocycles. The van der Waals surface area contributed by atoms with E-state index in [1.165, 1.54) is 0 Å². The van der Waals surface area contributed by atoms with Gasteiger partial charge in [0.15, 0.2) is 5.96 Å². The Morgan fingerprint density at radius 1 is 1.50 bits per heavy atom. The van der Waals surface area contributed by atoms with E-state index < -0.39 is 0 Å². The fourth-order valence-corrected chi connectivity index (χ4v) is 3.33. The van der Waals surface area contributed by atoms with Gasteiger partial charge in [0.1, 0.15) is 0 Å². The molecule has 0 bridgehead atoms. The molecule has 1 fully saturated rings. The maximum atomic E-state index is 9.36. The Bertz CT molecular complexity index is 318. The van der Waals surface area contributed by atoms with Gasteiger partial charge in [-0.15, -0.1) is 0 Å². The second kappa shape index (κ2) is 8.13.